The molecule has 0 radical (unpaired) electrons. The maximum Gasteiger partial charge on any atom is 0.293 e. The number of hydrazine groups is 1. The van der Waals surface area contributed by atoms with Crippen LogP contribution in [-0.2, 0) is 6.54 Å². The van der Waals surface area contributed by atoms with Crippen molar-refractivity contribution in [3.63, 3.8) is 0 Å². The molecule has 0 atom stereocenters. The van der Waals surface area contributed by atoms with Gasteiger partial charge in [0.1, 0.15) is 12.2 Å². The molecule has 1 fully saturated rings. The minimum absolute atomic E-state index is 0.144. The quantitative estimate of drug-likeness (QED) is 0.839. The molecule has 18 heavy (non-hydrogen) atoms. The van der Waals surface area contributed by atoms with E-state index in [-0.39, 0.29) is 12.1 Å². The van der Waals surface area contributed by atoms with Crippen molar-refractivity contribution >= 4 is 17.3 Å². The lowest BCUT2D eigenvalue weighted by molar-refractivity contribution is 0.272. The molecule has 1 aliphatic rings. The molecule has 1 aliphatic heterocycles. The molecular weight excluding hydrogens is 252 g/mol. The van der Waals surface area contributed by atoms with Crippen molar-refractivity contribution in [1.82, 2.24) is 14.8 Å². The Hall–Kier alpha value is -1.51. The van der Waals surface area contributed by atoms with E-state index < -0.39 is 0 Å². The van der Waals surface area contributed by atoms with Crippen LogP contribution < -0.4 is 11.0 Å². The topological polar surface area (TPSA) is 50.2 Å². The van der Waals surface area contributed by atoms with Crippen molar-refractivity contribution < 1.29 is 0 Å². The number of nitrogens with zero attached hydrogens (tertiary/aromatic N) is 3. The summed E-state index contributed by atoms with van der Waals surface area (Å²) in [5, 5.41) is 6.22. The molecule has 1 N–H and O–H groups in total. The van der Waals surface area contributed by atoms with Crippen molar-refractivity contribution in [3.05, 3.63) is 21.6 Å². The zero-order valence-corrected chi connectivity index (χ0v) is 10.8. The number of nitrogens with one attached hydrogen (secondary N) is 1. The van der Waals surface area contributed by atoms with E-state index in [0.717, 1.165) is 25.9 Å². The van der Waals surface area contributed by atoms with Crippen LogP contribution in [0.3, 0.4) is 0 Å². The summed E-state index contributed by atoms with van der Waals surface area (Å²) in [6, 6.07) is 0. The van der Waals surface area contributed by atoms with Crippen LogP contribution in [0.1, 0.15) is 19.3 Å². The summed E-state index contributed by atoms with van der Waals surface area (Å²) in [5.74, 6) is 2.39. The molecule has 96 valence electrons. The zero-order chi connectivity index (χ0) is 13.0. The molecule has 0 aromatic carbocycles. The van der Waals surface area contributed by atoms with Gasteiger partial charge >= 0.3 is 0 Å². The van der Waals surface area contributed by atoms with Crippen LogP contribution in [0.5, 0.6) is 0 Å². The summed E-state index contributed by atoms with van der Waals surface area (Å²) in [5.41, 5.74) is 3.14. The fourth-order valence-corrected chi connectivity index (χ4v) is 2.10. The van der Waals surface area contributed by atoms with Crippen molar-refractivity contribution in [1.29, 1.82) is 0 Å². The van der Waals surface area contributed by atoms with Crippen LogP contribution in [0.2, 0.25) is 5.02 Å². The van der Waals surface area contributed by atoms with Crippen molar-refractivity contribution in [2.45, 2.75) is 25.8 Å². The predicted molar refractivity (Wildman–Crippen MR) is 71.4 cm³/mol. The third-order valence-corrected chi connectivity index (χ3v) is 3.15. The van der Waals surface area contributed by atoms with Crippen LogP contribution in [-0.4, -0.2) is 27.9 Å². The molecule has 0 unspecified atom stereocenters. The first kappa shape index (κ1) is 12.9. The zero-order valence-electron chi connectivity index (χ0n) is 10.0. The summed E-state index contributed by atoms with van der Waals surface area (Å²) in [6.07, 6.45) is 10.1. The van der Waals surface area contributed by atoms with E-state index in [1.165, 1.54) is 17.3 Å². The van der Waals surface area contributed by atoms with Gasteiger partial charge in [0.15, 0.2) is 0 Å². The molecular formula is C12H15ClN4O. The highest BCUT2D eigenvalue weighted by atomic mass is 35.5. The van der Waals surface area contributed by atoms with Gasteiger partial charge in [-0.2, -0.15) is 5.10 Å². The molecule has 1 aromatic rings. The van der Waals surface area contributed by atoms with E-state index in [1.807, 2.05) is 5.01 Å². The number of piperidine rings is 1. The molecule has 0 spiro atoms. The van der Waals surface area contributed by atoms with Crippen molar-refractivity contribution in [3.8, 4) is 12.3 Å². The van der Waals surface area contributed by atoms with Crippen molar-refractivity contribution in [2.24, 2.45) is 0 Å². The van der Waals surface area contributed by atoms with Gasteiger partial charge in [0, 0.05) is 13.1 Å². The summed E-state index contributed by atoms with van der Waals surface area (Å²) in [4.78, 5) is 12.1. The molecule has 6 heteroatoms. The van der Waals surface area contributed by atoms with Crippen LogP contribution in [0.25, 0.3) is 0 Å². The van der Waals surface area contributed by atoms with Crippen LogP contribution >= 0.6 is 11.6 Å². The average molecular weight is 267 g/mol. The number of halogens is 1. The summed E-state index contributed by atoms with van der Waals surface area (Å²) < 4.78 is 1.22. The monoisotopic (exact) mass is 266 g/mol. The number of hydrogen-bond donors (Lipinski definition) is 1. The number of terminal acetylenes is 1. The molecule has 0 saturated carbocycles. The number of hydrogen-bond acceptors (Lipinski definition) is 4. The first-order valence-electron chi connectivity index (χ1n) is 5.93. The SMILES string of the molecule is C#CCn1ncc(Cl)c(NN2CCCCC2)c1=O. The lowest BCUT2D eigenvalue weighted by Gasteiger charge is -2.27. The second-order valence-corrected chi connectivity index (χ2v) is 4.60. The first-order chi connectivity index (χ1) is 8.72. The molecule has 0 aliphatic carbocycles. The highest BCUT2D eigenvalue weighted by molar-refractivity contribution is 6.32. The Morgan fingerprint density at radius 1 is 1.44 bits per heavy atom. The summed E-state index contributed by atoms with van der Waals surface area (Å²) >= 11 is 6.00. The summed E-state index contributed by atoms with van der Waals surface area (Å²) in [6.45, 7) is 1.96. The van der Waals surface area contributed by atoms with Crippen molar-refractivity contribution in [2.75, 3.05) is 18.5 Å². The van der Waals surface area contributed by atoms with Gasteiger partial charge in [-0.05, 0) is 12.8 Å². The molecule has 1 aromatic heterocycles. The first-order valence-corrected chi connectivity index (χ1v) is 6.31. The van der Waals surface area contributed by atoms with Gasteiger partial charge in [-0.15, -0.1) is 6.42 Å². The van der Waals surface area contributed by atoms with E-state index in [0.29, 0.717) is 10.7 Å². The van der Waals surface area contributed by atoms with E-state index in [1.54, 1.807) is 0 Å². The Kier molecular flexibility index (Phi) is 4.24. The van der Waals surface area contributed by atoms with Crippen LogP contribution in [0.15, 0.2) is 11.0 Å². The third kappa shape index (κ3) is 2.84. The second-order valence-electron chi connectivity index (χ2n) is 4.19. The van der Waals surface area contributed by atoms with Gasteiger partial charge < -0.3 is 5.43 Å². The fourth-order valence-electron chi connectivity index (χ4n) is 1.93. The van der Waals surface area contributed by atoms with Gasteiger partial charge in [0.2, 0.25) is 0 Å². The predicted octanol–water partition coefficient (Wildman–Crippen LogP) is 1.34. The molecule has 5 nitrogen and oxygen atoms in total. The van der Waals surface area contributed by atoms with Gasteiger partial charge in [0.25, 0.3) is 5.56 Å². The smallest absolute Gasteiger partial charge is 0.293 e. The lowest BCUT2D eigenvalue weighted by Crippen LogP contribution is -2.38. The molecule has 0 amide bonds. The molecule has 1 saturated heterocycles. The average Bonchev–Trinajstić information content (AvgIpc) is 2.39. The third-order valence-electron chi connectivity index (χ3n) is 2.86. The summed E-state index contributed by atoms with van der Waals surface area (Å²) in [7, 11) is 0. The highest BCUT2D eigenvalue weighted by Gasteiger charge is 2.15. The Balaban J connectivity index is 2.23. The number of anilines is 1. The van der Waals surface area contributed by atoms with Crippen LogP contribution in [0.4, 0.5) is 5.69 Å². The van der Waals surface area contributed by atoms with Gasteiger partial charge in [0.05, 0.1) is 11.2 Å². The van der Waals surface area contributed by atoms with Crippen LogP contribution in [0, 0.1) is 12.3 Å². The van der Waals surface area contributed by atoms with Gasteiger partial charge in [-0.3, -0.25) is 4.79 Å². The maximum absolute atomic E-state index is 12.1. The van der Waals surface area contributed by atoms with E-state index in [9.17, 15) is 4.79 Å². The normalized spacial score (nSPS) is 16.2. The Morgan fingerprint density at radius 3 is 2.83 bits per heavy atom. The fraction of sp³-hybridized carbons (Fsp3) is 0.500. The largest absolute Gasteiger partial charge is 0.313 e. The molecule has 2 rings (SSSR count). The van der Waals surface area contributed by atoms with Gasteiger partial charge in [-0.25, -0.2) is 9.69 Å². The second kappa shape index (κ2) is 5.89. The minimum Gasteiger partial charge on any atom is -0.313 e. The maximum atomic E-state index is 12.1. The minimum atomic E-state index is -0.286. The van der Waals surface area contributed by atoms with E-state index in [4.69, 9.17) is 18.0 Å². The van der Waals surface area contributed by atoms with E-state index >= 15 is 0 Å². The Morgan fingerprint density at radius 2 is 2.17 bits per heavy atom. The standard InChI is InChI=1S/C12H15ClN4O/c1-2-6-17-12(18)11(10(13)9-14-17)15-16-7-4-3-5-8-16/h1,9,15H,3-8H2. The molecule has 2 heterocycles. The van der Waals surface area contributed by atoms with Gasteiger partial charge in [-0.1, -0.05) is 23.9 Å². The Labute approximate surface area is 111 Å². The lowest BCUT2D eigenvalue weighted by atomic mass is 10.2. The number of aromatic nitrogens is 2. The molecule has 0 bridgehead atoms. The number of rotatable bonds is 3. The van der Waals surface area contributed by atoms with E-state index in [2.05, 4.69) is 16.4 Å². The Bertz CT molecular complexity index is 514. The highest BCUT2D eigenvalue weighted by Crippen LogP contribution is 2.17.